The zero-order chi connectivity index (χ0) is 12.5. The van der Waals surface area contributed by atoms with Crippen molar-refractivity contribution in [1.82, 2.24) is 0 Å². The maximum atomic E-state index is 5.76. The summed E-state index contributed by atoms with van der Waals surface area (Å²) < 4.78 is 17.2. The van der Waals surface area contributed by atoms with E-state index in [4.69, 9.17) is 14.2 Å². The van der Waals surface area contributed by atoms with Gasteiger partial charge in [0.15, 0.2) is 0 Å². The molecule has 0 fully saturated rings. The van der Waals surface area contributed by atoms with Crippen LogP contribution in [0, 0.1) is 13.8 Å². The van der Waals surface area contributed by atoms with E-state index >= 15 is 0 Å². The molecule has 0 saturated heterocycles. The van der Waals surface area contributed by atoms with Gasteiger partial charge in [-0.15, -0.1) is 0 Å². The van der Waals surface area contributed by atoms with Crippen LogP contribution in [0.5, 0.6) is 0 Å². The molecule has 0 aliphatic carbocycles. The fourth-order valence-corrected chi connectivity index (χ4v) is 2.19. The largest absolute Gasteiger partial charge is 0.324 e. The summed E-state index contributed by atoms with van der Waals surface area (Å²) in [6.45, 7) is 9.77. The number of hydrogen-bond acceptors (Lipinski definition) is 3. The van der Waals surface area contributed by atoms with Crippen LogP contribution in [0.2, 0.25) is 0 Å². The van der Waals surface area contributed by atoms with Gasteiger partial charge in [0.25, 0.3) is 0 Å². The molecule has 0 radical (unpaired) electrons. The summed E-state index contributed by atoms with van der Waals surface area (Å²) >= 11 is 0. The van der Waals surface area contributed by atoms with Gasteiger partial charge in [0.2, 0.25) is 0 Å². The molecule has 1 aromatic carbocycles. The van der Waals surface area contributed by atoms with Gasteiger partial charge in [-0.25, -0.2) is 0 Å². The highest BCUT2D eigenvalue weighted by molar-refractivity contribution is 5.40. The molecule has 0 saturated carbocycles. The molecule has 94 valence electrons. The topological polar surface area (TPSA) is 27.7 Å². The molecule has 0 atom stereocenters. The van der Waals surface area contributed by atoms with Crippen LogP contribution in [0.4, 0.5) is 0 Å². The predicted molar refractivity (Wildman–Crippen MR) is 65.6 cm³/mol. The monoisotopic (exact) mass is 236 g/mol. The number of rotatable bonds is 4. The molecule has 0 spiro atoms. The fourth-order valence-electron chi connectivity index (χ4n) is 2.19. The van der Waals surface area contributed by atoms with Gasteiger partial charge >= 0.3 is 5.97 Å². The third-order valence-electron chi connectivity index (χ3n) is 3.14. The predicted octanol–water partition coefficient (Wildman–Crippen LogP) is 3.02. The lowest BCUT2D eigenvalue weighted by Crippen LogP contribution is -2.32. The van der Waals surface area contributed by atoms with Crippen LogP contribution in [-0.2, 0) is 26.8 Å². The van der Waals surface area contributed by atoms with Crippen LogP contribution in [-0.4, -0.2) is 13.2 Å². The van der Waals surface area contributed by atoms with Crippen LogP contribution in [0.15, 0.2) is 12.1 Å². The lowest BCUT2D eigenvalue weighted by atomic mass is 10.0. The molecule has 2 rings (SSSR count). The van der Waals surface area contributed by atoms with Gasteiger partial charge in [0.05, 0.1) is 6.61 Å². The Morgan fingerprint density at radius 2 is 1.71 bits per heavy atom. The van der Waals surface area contributed by atoms with E-state index in [9.17, 15) is 0 Å². The molecule has 3 nitrogen and oxygen atoms in total. The molecule has 1 aliphatic rings. The number of aryl methyl sites for hydroxylation is 2. The Hall–Kier alpha value is -0.900. The molecule has 0 aromatic heterocycles. The van der Waals surface area contributed by atoms with Gasteiger partial charge in [0.1, 0.15) is 0 Å². The highest BCUT2D eigenvalue weighted by Crippen LogP contribution is 2.39. The molecule has 0 bridgehead atoms. The van der Waals surface area contributed by atoms with Crippen LogP contribution in [0.3, 0.4) is 0 Å². The maximum absolute atomic E-state index is 5.76. The minimum atomic E-state index is -0.989. The highest BCUT2D eigenvalue weighted by Gasteiger charge is 2.42. The summed E-state index contributed by atoms with van der Waals surface area (Å²) in [5.74, 6) is -0.989. The third kappa shape index (κ3) is 2.10. The SMILES string of the molecule is CCOC1(OCC)OCc2cc(C)c(C)cc21. The Bertz CT molecular complexity index is 406. The summed E-state index contributed by atoms with van der Waals surface area (Å²) in [6.07, 6.45) is 0. The van der Waals surface area contributed by atoms with E-state index in [0.29, 0.717) is 19.8 Å². The molecule has 0 amide bonds. The first kappa shape index (κ1) is 12.6. The first-order chi connectivity index (χ1) is 8.13. The Balaban J connectivity index is 2.45. The van der Waals surface area contributed by atoms with Crippen molar-refractivity contribution in [3.63, 3.8) is 0 Å². The first-order valence-electron chi connectivity index (χ1n) is 6.15. The number of fused-ring (bicyclic) bond motifs is 1. The van der Waals surface area contributed by atoms with Crippen molar-refractivity contribution in [1.29, 1.82) is 0 Å². The average Bonchev–Trinajstić information content (AvgIpc) is 2.60. The first-order valence-corrected chi connectivity index (χ1v) is 6.15. The van der Waals surface area contributed by atoms with Crippen LogP contribution < -0.4 is 0 Å². The minimum Gasteiger partial charge on any atom is -0.324 e. The van der Waals surface area contributed by atoms with Crippen molar-refractivity contribution in [2.24, 2.45) is 0 Å². The lowest BCUT2D eigenvalue weighted by molar-refractivity contribution is -0.384. The zero-order valence-corrected chi connectivity index (χ0v) is 11.0. The van der Waals surface area contributed by atoms with Crippen molar-refractivity contribution in [3.8, 4) is 0 Å². The Morgan fingerprint density at radius 1 is 1.12 bits per heavy atom. The molecule has 0 unspecified atom stereocenters. The Labute approximate surface area is 103 Å². The molecule has 1 heterocycles. The highest BCUT2D eigenvalue weighted by atomic mass is 16.9. The van der Waals surface area contributed by atoms with E-state index in [0.717, 1.165) is 11.1 Å². The van der Waals surface area contributed by atoms with Gasteiger partial charge in [-0.1, -0.05) is 6.07 Å². The van der Waals surface area contributed by atoms with E-state index in [1.54, 1.807) is 0 Å². The van der Waals surface area contributed by atoms with E-state index in [1.807, 2.05) is 13.8 Å². The van der Waals surface area contributed by atoms with Crippen molar-refractivity contribution in [2.75, 3.05) is 13.2 Å². The second-order valence-corrected chi connectivity index (χ2v) is 4.30. The number of ether oxygens (including phenoxy) is 3. The average molecular weight is 236 g/mol. The Kier molecular flexibility index (Phi) is 3.52. The van der Waals surface area contributed by atoms with Gasteiger partial charge in [-0.3, -0.25) is 0 Å². The normalized spacial score (nSPS) is 17.2. The van der Waals surface area contributed by atoms with Crippen molar-refractivity contribution in [2.45, 2.75) is 40.3 Å². The standard InChI is InChI=1S/C14H20O3/c1-5-15-14(16-6-2)13-8-11(4)10(3)7-12(13)9-17-14/h7-8H,5-6,9H2,1-4H3. The summed E-state index contributed by atoms with van der Waals surface area (Å²) in [5, 5.41) is 0. The number of benzene rings is 1. The third-order valence-corrected chi connectivity index (χ3v) is 3.14. The molecule has 17 heavy (non-hydrogen) atoms. The van der Waals surface area contributed by atoms with E-state index in [2.05, 4.69) is 26.0 Å². The summed E-state index contributed by atoms with van der Waals surface area (Å²) in [5.41, 5.74) is 4.69. The van der Waals surface area contributed by atoms with Crippen molar-refractivity contribution < 1.29 is 14.2 Å². The van der Waals surface area contributed by atoms with E-state index < -0.39 is 5.97 Å². The van der Waals surface area contributed by atoms with Crippen molar-refractivity contribution in [3.05, 3.63) is 34.4 Å². The van der Waals surface area contributed by atoms with Crippen LogP contribution in [0.25, 0.3) is 0 Å². The zero-order valence-electron chi connectivity index (χ0n) is 11.0. The number of hydrogen-bond donors (Lipinski definition) is 0. The van der Waals surface area contributed by atoms with Crippen molar-refractivity contribution >= 4 is 0 Å². The molecule has 0 N–H and O–H groups in total. The molecular weight excluding hydrogens is 216 g/mol. The van der Waals surface area contributed by atoms with Gasteiger partial charge < -0.3 is 14.2 Å². The quantitative estimate of drug-likeness (QED) is 0.752. The lowest BCUT2D eigenvalue weighted by Gasteiger charge is -2.28. The molecule has 1 aromatic rings. The molecule has 3 heteroatoms. The summed E-state index contributed by atoms with van der Waals surface area (Å²) in [7, 11) is 0. The van der Waals surface area contributed by atoms with Gasteiger partial charge in [-0.05, 0) is 50.5 Å². The second kappa shape index (κ2) is 4.77. The van der Waals surface area contributed by atoms with Gasteiger partial charge in [-0.2, -0.15) is 0 Å². The Morgan fingerprint density at radius 3 is 2.29 bits per heavy atom. The van der Waals surface area contributed by atoms with Crippen LogP contribution in [0.1, 0.15) is 36.1 Å². The van der Waals surface area contributed by atoms with Crippen LogP contribution >= 0.6 is 0 Å². The second-order valence-electron chi connectivity index (χ2n) is 4.30. The fraction of sp³-hybridized carbons (Fsp3) is 0.571. The summed E-state index contributed by atoms with van der Waals surface area (Å²) in [6, 6.07) is 4.27. The van der Waals surface area contributed by atoms with Gasteiger partial charge in [0, 0.05) is 18.8 Å². The summed E-state index contributed by atoms with van der Waals surface area (Å²) in [4.78, 5) is 0. The van der Waals surface area contributed by atoms with E-state index in [-0.39, 0.29) is 0 Å². The molecule has 1 aliphatic heterocycles. The smallest absolute Gasteiger partial charge is 0.312 e. The minimum absolute atomic E-state index is 0.552. The molecular formula is C14H20O3. The van der Waals surface area contributed by atoms with E-state index in [1.165, 1.54) is 11.1 Å². The maximum Gasteiger partial charge on any atom is 0.312 e.